The van der Waals surface area contributed by atoms with E-state index < -0.39 is 6.09 Å². The molecule has 0 radical (unpaired) electrons. The van der Waals surface area contributed by atoms with Crippen molar-refractivity contribution in [1.29, 1.82) is 0 Å². The van der Waals surface area contributed by atoms with E-state index in [1.165, 1.54) is 0 Å². The van der Waals surface area contributed by atoms with Crippen LogP contribution in [0, 0.1) is 0 Å². The first-order chi connectivity index (χ1) is 5.29. The fourth-order valence-corrected chi connectivity index (χ4v) is 0.629. The molecule has 2 N–H and O–H groups in total. The van der Waals surface area contributed by atoms with Crippen molar-refractivity contribution in [1.82, 2.24) is 4.98 Å². The molecule has 0 aromatic carbocycles. The van der Waals surface area contributed by atoms with Crippen molar-refractivity contribution >= 4 is 18.5 Å². The number of carbonyl (C=O) groups is 1. The molecule has 0 aliphatic heterocycles. The minimum Gasteiger partial charge on any atom is -0.443 e. The van der Waals surface area contributed by atoms with E-state index in [9.17, 15) is 4.79 Å². The summed E-state index contributed by atoms with van der Waals surface area (Å²) in [5.41, 5.74) is 5.44. The van der Waals surface area contributed by atoms with Crippen LogP contribution in [0.5, 0.6) is 0 Å². The Hall–Kier alpha value is -1.29. The van der Waals surface area contributed by atoms with Crippen LogP contribution in [0.4, 0.5) is 4.79 Å². The van der Waals surface area contributed by atoms with Crippen LogP contribution in [0.25, 0.3) is 0 Å². The number of carbonyl (C=O) groups excluding carboxylic acids is 1. The van der Waals surface area contributed by atoms with Gasteiger partial charge in [0, 0.05) is 6.20 Å². The average Bonchev–Trinajstić information content (AvgIpc) is 2.03. The lowest BCUT2D eigenvalue weighted by Crippen LogP contribution is -2.12. The number of rotatable bonds is 2. The molecule has 1 rings (SSSR count). The maximum Gasteiger partial charge on any atom is 0.404 e. The fraction of sp³-hybridized carbons (Fsp3) is 0.143. The molecule has 5 heteroatoms. The highest BCUT2D eigenvalue weighted by molar-refractivity contribution is 5.85. The van der Waals surface area contributed by atoms with Gasteiger partial charge >= 0.3 is 6.09 Å². The maximum absolute atomic E-state index is 10.1. The normalized spacial score (nSPS) is 8.33. The first kappa shape index (κ1) is 10.7. The van der Waals surface area contributed by atoms with Crippen LogP contribution in [0.2, 0.25) is 0 Å². The molecule has 0 unspecified atom stereocenters. The number of hydrogen-bond donors (Lipinski definition) is 1. The molecule has 0 aliphatic carbocycles. The smallest absolute Gasteiger partial charge is 0.404 e. The molecule has 1 aromatic rings. The summed E-state index contributed by atoms with van der Waals surface area (Å²) in [5, 5.41) is 0. The Morgan fingerprint density at radius 2 is 2.33 bits per heavy atom. The summed E-state index contributed by atoms with van der Waals surface area (Å²) in [4.78, 5) is 14.1. The monoisotopic (exact) mass is 188 g/mol. The summed E-state index contributed by atoms with van der Waals surface area (Å²) in [6.45, 7) is 0.135. The van der Waals surface area contributed by atoms with E-state index in [-0.39, 0.29) is 19.0 Å². The number of aromatic nitrogens is 1. The van der Waals surface area contributed by atoms with Gasteiger partial charge in [0.25, 0.3) is 0 Å². The molecule has 0 spiro atoms. The van der Waals surface area contributed by atoms with E-state index in [4.69, 9.17) is 5.73 Å². The Bertz CT molecular complexity index is 240. The number of primary amides is 1. The van der Waals surface area contributed by atoms with Crippen LogP contribution >= 0.6 is 12.4 Å². The minimum absolute atomic E-state index is 0. The van der Waals surface area contributed by atoms with Crippen molar-refractivity contribution in [3.63, 3.8) is 0 Å². The molecule has 4 nitrogen and oxygen atoms in total. The molecular weight excluding hydrogens is 180 g/mol. The summed E-state index contributed by atoms with van der Waals surface area (Å²) in [5.74, 6) is 0. The van der Waals surface area contributed by atoms with Crippen molar-refractivity contribution in [2.24, 2.45) is 5.73 Å². The molecule has 66 valence electrons. The number of hydrogen-bond acceptors (Lipinski definition) is 3. The molecular formula is C7H9ClN2O2. The molecule has 0 saturated heterocycles. The second-order valence-electron chi connectivity index (χ2n) is 1.93. The SMILES string of the molecule is Cl.NC(=O)OCc1ccccn1. The summed E-state index contributed by atoms with van der Waals surface area (Å²) in [6.07, 6.45) is 0.843. The van der Waals surface area contributed by atoms with Crippen LogP contribution < -0.4 is 5.73 Å². The Kier molecular flexibility index (Phi) is 4.79. The van der Waals surface area contributed by atoms with E-state index in [1.54, 1.807) is 18.3 Å². The molecule has 0 fully saturated rings. The van der Waals surface area contributed by atoms with Gasteiger partial charge in [0.15, 0.2) is 0 Å². The number of ether oxygens (including phenoxy) is 1. The molecule has 0 atom stereocenters. The Morgan fingerprint density at radius 3 is 2.83 bits per heavy atom. The molecule has 1 heterocycles. The van der Waals surface area contributed by atoms with Gasteiger partial charge in [0.05, 0.1) is 5.69 Å². The van der Waals surface area contributed by atoms with E-state index in [0.29, 0.717) is 5.69 Å². The van der Waals surface area contributed by atoms with Gasteiger partial charge in [-0.1, -0.05) is 6.07 Å². The van der Waals surface area contributed by atoms with Crippen LogP contribution in [0.15, 0.2) is 24.4 Å². The molecule has 1 amide bonds. The van der Waals surface area contributed by atoms with Crippen molar-refractivity contribution in [2.45, 2.75) is 6.61 Å². The van der Waals surface area contributed by atoms with E-state index in [2.05, 4.69) is 9.72 Å². The highest BCUT2D eigenvalue weighted by Crippen LogP contribution is 1.94. The number of halogens is 1. The lowest BCUT2D eigenvalue weighted by Gasteiger charge is -1.98. The molecule has 1 aromatic heterocycles. The van der Waals surface area contributed by atoms with Crippen molar-refractivity contribution in [3.05, 3.63) is 30.1 Å². The van der Waals surface area contributed by atoms with Crippen molar-refractivity contribution < 1.29 is 9.53 Å². The number of pyridine rings is 1. The third-order valence-electron chi connectivity index (χ3n) is 1.09. The van der Waals surface area contributed by atoms with Crippen molar-refractivity contribution in [3.8, 4) is 0 Å². The van der Waals surface area contributed by atoms with Crippen LogP contribution in [0.1, 0.15) is 5.69 Å². The highest BCUT2D eigenvalue weighted by Gasteiger charge is 1.95. The first-order valence-electron chi connectivity index (χ1n) is 3.11. The van der Waals surface area contributed by atoms with E-state index in [1.807, 2.05) is 6.07 Å². The van der Waals surface area contributed by atoms with Gasteiger partial charge in [-0.15, -0.1) is 12.4 Å². The van der Waals surface area contributed by atoms with Gasteiger partial charge in [-0.25, -0.2) is 4.79 Å². The van der Waals surface area contributed by atoms with Crippen molar-refractivity contribution in [2.75, 3.05) is 0 Å². The zero-order valence-corrected chi connectivity index (χ0v) is 7.08. The quantitative estimate of drug-likeness (QED) is 0.756. The number of nitrogens with zero attached hydrogens (tertiary/aromatic N) is 1. The number of nitrogens with two attached hydrogens (primary N) is 1. The second-order valence-corrected chi connectivity index (χ2v) is 1.93. The predicted molar refractivity (Wildman–Crippen MR) is 45.9 cm³/mol. The first-order valence-corrected chi connectivity index (χ1v) is 3.11. The Balaban J connectivity index is 0.00000121. The minimum atomic E-state index is -0.782. The predicted octanol–water partition coefficient (Wildman–Crippen LogP) is 1.10. The average molecular weight is 189 g/mol. The summed E-state index contributed by atoms with van der Waals surface area (Å²) in [6, 6.07) is 5.35. The summed E-state index contributed by atoms with van der Waals surface area (Å²) >= 11 is 0. The third kappa shape index (κ3) is 3.78. The van der Waals surface area contributed by atoms with E-state index in [0.717, 1.165) is 0 Å². The topological polar surface area (TPSA) is 65.2 Å². The Labute approximate surface area is 76.1 Å². The molecule has 0 bridgehead atoms. The second kappa shape index (κ2) is 5.37. The zero-order chi connectivity index (χ0) is 8.10. The molecule has 12 heavy (non-hydrogen) atoms. The van der Waals surface area contributed by atoms with Gasteiger partial charge < -0.3 is 10.5 Å². The molecule has 0 saturated carbocycles. The van der Waals surface area contributed by atoms with Crippen LogP contribution in [-0.4, -0.2) is 11.1 Å². The lowest BCUT2D eigenvalue weighted by atomic mass is 10.4. The summed E-state index contributed by atoms with van der Waals surface area (Å²) in [7, 11) is 0. The van der Waals surface area contributed by atoms with Gasteiger partial charge in [-0.05, 0) is 12.1 Å². The Morgan fingerprint density at radius 1 is 1.58 bits per heavy atom. The van der Waals surface area contributed by atoms with Gasteiger partial charge in [-0.3, -0.25) is 4.98 Å². The summed E-state index contributed by atoms with van der Waals surface area (Å²) < 4.78 is 4.50. The molecule has 0 aliphatic rings. The highest BCUT2D eigenvalue weighted by atomic mass is 35.5. The lowest BCUT2D eigenvalue weighted by molar-refractivity contribution is 0.149. The van der Waals surface area contributed by atoms with Gasteiger partial charge in [0.2, 0.25) is 0 Å². The standard InChI is InChI=1S/C7H8N2O2.ClH/c8-7(10)11-5-6-3-1-2-4-9-6;/h1-4H,5H2,(H2,8,10);1H. The van der Waals surface area contributed by atoms with Crippen LogP contribution in [-0.2, 0) is 11.3 Å². The zero-order valence-electron chi connectivity index (χ0n) is 6.27. The number of amides is 1. The maximum atomic E-state index is 10.1. The largest absolute Gasteiger partial charge is 0.443 e. The van der Waals surface area contributed by atoms with E-state index >= 15 is 0 Å². The fourth-order valence-electron chi connectivity index (χ4n) is 0.629. The third-order valence-corrected chi connectivity index (χ3v) is 1.09. The van der Waals surface area contributed by atoms with Gasteiger partial charge in [0.1, 0.15) is 6.61 Å². The van der Waals surface area contributed by atoms with Gasteiger partial charge in [-0.2, -0.15) is 0 Å². The van der Waals surface area contributed by atoms with Crippen LogP contribution in [0.3, 0.4) is 0 Å².